The minimum Gasteiger partial charge on any atom is -0.493 e. The van der Waals surface area contributed by atoms with Gasteiger partial charge in [-0.3, -0.25) is 0 Å². The number of hydrogen-bond acceptors (Lipinski definition) is 3. The number of nitrogens with one attached hydrogen (secondary N) is 1. The van der Waals surface area contributed by atoms with Gasteiger partial charge in [-0.25, -0.2) is 0 Å². The topological polar surface area (TPSA) is 61.9 Å². The number of benzene rings is 3. The lowest BCUT2D eigenvalue weighted by Crippen LogP contribution is -2.06. The lowest BCUT2D eigenvalue weighted by molar-refractivity contribution is 0.429. The highest BCUT2D eigenvalue weighted by Gasteiger charge is 2.17. The molecule has 0 fully saturated rings. The van der Waals surface area contributed by atoms with Gasteiger partial charge in [0, 0.05) is 15.5 Å². The first-order valence-corrected chi connectivity index (χ1v) is 11.4. The number of azo groups is 1. The van der Waals surface area contributed by atoms with Crippen molar-refractivity contribution in [1.82, 2.24) is 4.57 Å². The third-order valence-corrected chi connectivity index (χ3v) is 5.99. The van der Waals surface area contributed by atoms with Crippen molar-refractivity contribution in [2.45, 2.75) is 27.3 Å². The number of anilines is 1. The molecule has 0 bridgehead atoms. The third kappa shape index (κ3) is 4.74. The van der Waals surface area contributed by atoms with Gasteiger partial charge in [0.25, 0.3) is 0 Å². The van der Waals surface area contributed by atoms with E-state index in [4.69, 9.17) is 12.2 Å². The molecule has 162 valence electrons. The summed E-state index contributed by atoms with van der Waals surface area (Å²) in [5.74, 6) is 0.0527. The van der Waals surface area contributed by atoms with E-state index in [1.54, 1.807) is 0 Å². The van der Waals surface area contributed by atoms with Crippen LogP contribution in [-0.2, 0) is 6.54 Å². The van der Waals surface area contributed by atoms with Gasteiger partial charge >= 0.3 is 0 Å². The van der Waals surface area contributed by atoms with Gasteiger partial charge in [0.05, 0.1) is 12.1 Å². The van der Waals surface area contributed by atoms with Gasteiger partial charge in [-0.1, -0.05) is 57.9 Å². The number of nitrogens with zero attached hydrogens (tertiary/aromatic N) is 3. The van der Waals surface area contributed by atoms with Crippen molar-refractivity contribution in [3.05, 3.63) is 87.4 Å². The first kappa shape index (κ1) is 22.2. The van der Waals surface area contributed by atoms with Crippen molar-refractivity contribution in [3.8, 4) is 5.88 Å². The van der Waals surface area contributed by atoms with Crippen LogP contribution < -0.4 is 5.32 Å². The summed E-state index contributed by atoms with van der Waals surface area (Å²) in [5, 5.41) is 23.7. The summed E-state index contributed by atoms with van der Waals surface area (Å²) in [5.41, 5.74) is 6.61. The van der Waals surface area contributed by atoms with Gasteiger partial charge in [0.1, 0.15) is 0 Å². The average molecular weight is 507 g/mol. The Morgan fingerprint density at radius 1 is 1.00 bits per heavy atom. The van der Waals surface area contributed by atoms with E-state index in [1.165, 1.54) is 5.56 Å². The molecule has 0 aliphatic carbocycles. The summed E-state index contributed by atoms with van der Waals surface area (Å²) in [6.07, 6.45) is 0. The molecular formula is C25H23BrN4OS. The molecule has 0 atom stereocenters. The number of hydrogen-bond donors (Lipinski definition) is 2. The Bertz CT molecular complexity index is 1340. The van der Waals surface area contributed by atoms with Crippen LogP contribution >= 0.6 is 28.1 Å². The maximum absolute atomic E-state index is 11.0. The molecule has 3 aromatic carbocycles. The van der Waals surface area contributed by atoms with E-state index in [2.05, 4.69) is 62.7 Å². The van der Waals surface area contributed by atoms with E-state index in [0.717, 1.165) is 37.8 Å². The summed E-state index contributed by atoms with van der Waals surface area (Å²) in [4.78, 5) is 0. The summed E-state index contributed by atoms with van der Waals surface area (Å²) in [6, 6.07) is 20.2. The molecule has 0 spiro atoms. The SMILES string of the molecule is Cc1ccc(Cn2c(O)c(N=NC(=S)Nc3cc(C)ccc3C)c3cc(Br)ccc32)cc1. The second-order valence-corrected chi connectivity index (χ2v) is 9.16. The molecule has 0 amide bonds. The number of thiocarbonyl (C=S) groups is 1. The molecule has 5 nitrogen and oxygen atoms in total. The maximum atomic E-state index is 11.0. The predicted octanol–water partition coefficient (Wildman–Crippen LogP) is 7.56. The van der Waals surface area contributed by atoms with Crippen molar-refractivity contribution in [2.24, 2.45) is 10.2 Å². The molecule has 1 aromatic heterocycles. The number of rotatable bonds is 4. The Balaban J connectivity index is 1.68. The van der Waals surface area contributed by atoms with Gasteiger partial charge in [-0.2, -0.15) is 0 Å². The molecule has 0 radical (unpaired) electrons. The van der Waals surface area contributed by atoms with E-state index < -0.39 is 0 Å². The van der Waals surface area contributed by atoms with E-state index in [1.807, 2.05) is 54.8 Å². The average Bonchev–Trinajstić information content (AvgIpc) is 3.01. The predicted molar refractivity (Wildman–Crippen MR) is 138 cm³/mol. The van der Waals surface area contributed by atoms with Crippen LogP contribution in [-0.4, -0.2) is 14.8 Å². The van der Waals surface area contributed by atoms with Crippen molar-refractivity contribution in [1.29, 1.82) is 0 Å². The Hall–Kier alpha value is -3.03. The van der Waals surface area contributed by atoms with Gasteiger partial charge in [-0.15, -0.1) is 10.2 Å². The van der Waals surface area contributed by atoms with Gasteiger partial charge < -0.3 is 15.0 Å². The fourth-order valence-electron chi connectivity index (χ4n) is 3.54. The number of aromatic hydroxyl groups is 1. The molecule has 2 N–H and O–H groups in total. The van der Waals surface area contributed by atoms with Crippen molar-refractivity contribution >= 4 is 55.5 Å². The highest BCUT2D eigenvalue weighted by atomic mass is 79.9. The van der Waals surface area contributed by atoms with Gasteiger partial charge in [-0.05, 0) is 73.9 Å². The lowest BCUT2D eigenvalue weighted by atomic mass is 10.1. The number of aryl methyl sites for hydroxylation is 3. The Kier molecular flexibility index (Phi) is 6.39. The van der Waals surface area contributed by atoms with Crippen LogP contribution in [0.2, 0.25) is 0 Å². The highest BCUT2D eigenvalue weighted by molar-refractivity contribution is 9.10. The summed E-state index contributed by atoms with van der Waals surface area (Å²) in [7, 11) is 0. The smallest absolute Gasteiger partial charge is 0.221 e. The molecule has 7 heteroatoms. The molecule has 0 aliphatic rings. The maximum Gasteiger partial charge on any atom is 0.221 e. The van der Waals surface area contributed by atoms with Crippen LogP contribution in [0.1, 0.15) is 22.3 Å². The Morgan fingerprint density at radius 2 is 1.72 bits per heavy atom. The van der Waals surface area contributed by atoms with E-state index >= 15 is 0 Å². The fourth-order valence-corrected chi connectivity index (χ4v) is 4.05. The van der Waals surface area contributed by atoms with Crippen LogP contribution in [0, 0.1) is 20.8 Å². The molecule has 0 unspecified atom stereocenters. The van der Waals surface area contributed by atoms with Gasteiger partial charge in [0.2, 0.25) is 11.0 Å². The zero-order chi connectivity index (χ0) is 22.8. The number of fused-ring (bicyclic) bond motifs is 1. The number of halogens is 1. The normalized spacial score (nSPS) is 11.4. The summed E-state index contributed by atoms with van der Waals surface area (Å²) < 4.78 is 2.73. The molecule has 0 saturated heterocycles. The standard InChI is InChI=1S/C25H23BrN4OS/c1-15-5-8-18(9-6-15)14-30-22-11-10-19(26)13-20(22)23(24(30)31)28-29-25(32)27-21-12-16(2)4-7-17(21)3/h4-13,31H,14H2,1-3H3,(H,27,32). The first-order chi connectivity index (χ1) is 15.3. The van der Waals surface area contributed by atoms with E-state index in [-0.39, 0.29) is 11.0 Å². The minimum absolute atomic E-state index is 0.0527. The molecule has 4 rings (SSSR count). The molecule has 0 aliphatic heterocycles. The molecule has 32 heavy (non-hydrogen) atoms. The molecular weight excluding hydrogens is 484 g/mol. The lowest BCUT2D eigenvalue weighted by Gasteiger charge is -2.08. The van der Waals surface area contributed by atoms with Crippen LogP contribution in [0.5, 0.6) is 5.88 Å². The third-order valence-electron chi connectivity index (χ3n) is 5.31. The van der Waals surface area contributed by atoms with Crippen LogP contribution in [0.4, 0.5) is 11.4 Å². The van der Waals surface area contributed by atoms with E-state index in [9.17, 15) is 5.11 Å². The number of aromatic nitrogens is 1. The largest absolute Gasteiger partial charge is 0.493 e. The van der Waals surface area contributed by atoms with Crippen molar-refractivity contribution in [2.75, 3.05) is 5.32 Å². The van der Waals surface area contributed by atoms with Crippen molar-refractivity contribution < 1.29 is 5.11 Å². The Morgan fingerprint density at radius 3 is 2.47 bits per heavy atom. The van der Waals surface area contributed by atoms with Crippen LogP contribution in [0.25, 0.3) is 10.9 Å². The first-order valence-electron chi connectivity index (χ1n) is 10.2. The summed E-state index contributed by atoms with van der Waals surface area (Å²) >= 11 is 8.90. The zero-order valence-electron chi connectivity index (χ0n) is 18.1. The van der Waals surface area contributed by atoms with Gasteiger partial charge in [0.15, 0.2) is 5.69 Å². The molecule has 4 aromatic rings. The Labute approximate surface area is 200 Å². The molecule has 0 saturated carbocycles. The quantitative estimate of drug-likeness (QED) is 0.221. The van der Waals surface area contributed by atoms with Crippen LogP contribution in [0.15, 0.2) is 75.4 Å². The zero-order valence-corrected chi connectivity index (χ0v) is 20.5. The second-order valence-electron chi connectivity index (χ2n) is 7.85. The fraction of sp³-hybridized carbons (Fsp3) is 0.160. The molecule has 1 heterocycles. The highest BCUT2D eigenvalue weighted by Crippen LogP contribution is 2.40. The van der Waals surface area contributed by atoms with Crippen molar-refractivity contribution in [3.63, 3.8) is 0 Å². The monoisotopic (exact) mass is 506 g/mol. The summed E-state index contributed by atoms with van der Waals surface area (Å²) in [6.45, 7) is 6.60. The second kappa shape index (κ2) is 9.22. The van der Waals surface area contributed by atoms with Crippen LogP contribution in [0.3, 0.4) is 0 Å². The minimum atomic E-state index is 0.0527. The van der Waals surface area contributed by atoms with E-state index in [0.29, 0.717) is 12.2 Å².